The second-order valence-electron chi connectivity index (χ2n) is 3.27. The molecule has 1 heterocycles. The zero-order valence-electron chi connectivity index (χ0n) is 13.5. The number of carbonyl (C=O) groups is 1. The average Bonchev–Trinajstić information content (AvgIpc) is 2.79. The van der Waals surface area contributed by atoms with Crippen LogP contribution in [0.3, 0.4) is 0 Å². The summed E-state index contributed by atoms with van der Waals surface area (Å²) < 4.78 is 45.5. The van der Waals surface area contributed by atoms with E-state index in [4.69, 9.17) is 6.85 Å². The number of carbonyl (C=O) groups excluding carboxylic acids is 1. The van der Waals surface area contributed by atoms with Gasteiger partial charge in [-0.2, -0.15) is 0 Å². The topological polar surface area (TPSA) is 38.8 Å². The summed E-state index contributed by atoms with van der Waals surface area (Å²) in [7, 11) is 0. The van der Waals surface area contributed by atoms with Crippen molar-refractivity contribution in [3.8, 4) is 0 Å². The van der Waals surface area contributed by atoms with Gasteiger partial charge in [-0.15, -0.1) is 0 Å². The van der Waals surface area contributed by atoms with Gasteiger partial charge in [0, 0.05) is 6.42 Å². The van der Waals surface area contributed by atoms with Crippen molar-refractivity contribution >= 4 is 5.97 Å². The lowest BCUT2D eigenvalue weighted by Crippen LogP contribution is -2.09. The Morgan fingerprint density at radius 1 is 1.64 bits per heavy atom. The number of rotatable bonds is 8. The van der Waals surface area contributed by atoms with Gasteiger partial charge in [0.25, 0.3) is 0 Å². The Balaban J connectivity index is 2.32. The lowest BCUT2D eigenvalue weighted by atomic mass is 10.1. The minimum atomic E-state index is -2.78. The normalized spacial score (nSPS) is 34.5. The van der Waals surface area contributed by atoms with E-state index in [0.29, 0.717) is 6.42 Å². The lowest BCUT2D eigenvalue weighted by molar-refractivity contribution is -0.144. The molecule has 1 rings (SSSR count). The molecule has 1 atom stereocenters. The van der Waals surface area contributed by atoms with Crippen LogP contribution in [-0.2, 0) is 14.3 Å². The van der Waals surface area contributed by atoms with Gasteiger partial charge in [-0.3, -0.25) is 4.79 Å². The van der Waals surface area contributed by atoms with E-state index in [0.717, 1.165) is 25.7 Å². The van der Waals surface area contributed by atoms with Crippen LogP contribution in [0.2, 0.25) is 0 Å². The van der Waals surface area contributed by atoms with Gasteiger partial charge in [0.05, 0.1) is 13.4 Å². The van der Waals surface area contributed by atoms with Crippen LogP contribution in [0, 0.1) is 0 Å². The second kappa shape index (κ2) is 6.82. The monoisotopic (exact) mass is 205 g/mol. The molecule has 0 aromatic carbocycles. The van der Waals surface area contributed by atoms with Crippen LogP contribution in [0.25, 0.3) is 0 Å². The second-order valence-corrected chi connectivity index (χ2v) is 3.27. The predicted molar refractivity (Wildman–Crippen MR) is 54.1 cm³/mol. The Bertz CT molecular complexity index is 334. The van der Waals surface area contributed by atoms with Crippen molar-refractivity contribution in [2.75, 3.05) is 13.1 Å². The van der Waals surface area contributed by atoms with Crippen molar-refractivity contribution in [3.63, 3.8) is 0 Å². The molecule has 0 aromatic heterocycles. The van der Waals surface area contributed by atoms with Crippen molar-refractivity contribution in [2.45, 2.75) is 51.5 Å². The molecule has 0 radical (unpaired) electrons. The number of unbranched alkanes of at least 4 members (excludes halogenated alkanes) is 4. The SMILES string of the molecule is [2H]C([2H])(OC(=O)CCCCCCC)C1([2H])OC1([2H])[2H]. The van der Waals surface area contributed by atoms with Gasteiger partial charge < -0.3 is 9.47 Å². The quantitative estimate of drug-likeness (QED) is 0.347. The van der Waals surface area contributed by atoms with Crippen molar-refractivity contribution < 1.29 is 21.1 Å². The summed E-state index contributed by atoms with van der Waals surface area (Å²) in [6.45, 7) is -3.12. The van der Waals surface area contributed by atoms with E-state index in [1.54, 1.807) is 0 Å². The molecular formula is C11H20O3. The molecule has 1 fully saturated rings. The van der Waals surface area contributed by atoms with E-state index < -0.39 is 25.2 Å². The molecule has 1 aliphatic heterocycles. The highest BCUT2D eigenvalue weighted by molar-refractivity contribution is 5.69. The summed E-state index contributed by atoms with van der Waals surface area (Å²) >= 11 is 0. The van der Waals surface area contributed by atoms with E-state index in [-0.39, 0.29) is 6.42 Å². The largest absolute Gasteiger partial charge is 0.463 e. The Labute approximate surface area is 92.8 Å². The first-order valence-corrected chi connectivity index (χ1v) is 5.08. The molecule has 14 heavy (non-hydrogen) atoms. The molecule has 0 amide bonds. The third-order valence-corrected chi connectivity index (χ3v) is 1.95. The van der Waals surface area contributed by atoms with E-state index >= 15 is 0 Å². The van der Waals surface area contributed by atoms with E-state index in [2.05, 4.69) is 16.4 Å². The maximum Gasteiger partial charge on any atom is 0.305 e. The predicted octanol–water partition coefficient (Wildman–Crippen LogP) is 2.29. The number of hydrogen-bond donors (Lipinski definition) is 0. The van der Waals surface area contributed by atoms with Gasteiger partial charge >= 0.3 is 5.97 Å². The summed E-state index contributed by atoms with van der Waals surface area (Å²) in [5.41, 5.74) is 0. The summed E-state index contributed by atoms with van der Waals surface area (Å²) in [5.74, 6) is -0.764. The first-order valence-electron chi connectivity index (χ1n) is 7.58. The van der Waals surface area contributed by atoms with Crippen LogP contribution >= 0.6 is 0 Å². The van der Waals surface area contributed by atoms with E-state index in [1.807, 2.05) is 0 Å². The fourth-order valence-corrected chi connectivity index (χ4v) is 1.09. The number of esters is 1. The molecule has 1 aliphatic rings. The van der Waals surface area contributed by atoms with Gasteiger partial charge in [-0.1, -0.05) is 32.6 Å². The number of epoxide rings is 1. The highest BCUT2D eigenvalue weighted by atomic mass is 16.6. The molecule has 0 spiro atoms. The van der Waals surface area contributed by atoms with Crippen molar-refractivity contribution in [2.24, 2.45) is 0 Å². The minimum Gasteiger partial charge on any atom is -0.463 e. The molecular weight excluding hydrogens is 180 g/mol. The third kappa shape index (κ3) is 5.97. The van der Waals surface area contributed by atoms with Crippen LogP contribution in [0.15, 0.2) is 0 Å². The van der Waals surface area contributed by atoms with Crippen molar-refractivity contribution in [1.29, 1.82) is 0 Å². The lowest BCUT2D eigenvalue weighted by Gasteiger charge is -2.02. The molecule has 0 aliphatic carbocycles. The van der Waals surface area contributed by atoms with Crippen molar-refractivity contribution in [1.82, 2.24) is 0 Å². The standard InChI is InChI=1S/C11H20O3/c1-2-3-4-5-6-7-11(12)14-9-10-8-13-10/h10H,2-9H2,1H3/i8D2,9D2,10D. The molecule has 0 bridgehead atoms. The van der Waals surface area contributed by atoms with Gasteiger partial charge in [0.2, 0.25) is 0 Å². The van der Waals surface area contributed by atoms with Crippen LogP contribution in [0.5, 0.6) is 0 Å². The Hall–Kier alpha value is -0.570. The zero-order chi connectivity index (χ0) is 14.7. The fraction of sp³-hybridized carbons (Fsp3) is 0.909. The Morgan fingerprint density at radius 2 is 2.36 bits per heavy atom. The van der Waals surface area contributed by atoms with Crippen LogP contribution in [0.4, 0.5) is 0 Å². The number of hydrogen-bond acceptors (Lipinski definition) is 3. The third-order valence-electron chi connectivity index (χ3n) is 1.95. The maximum atomic E-state index is 11.5. The Morgan fingerprint density at radius 3 is 3.00 bits per heavy atom. The average molecular weight is 205 g/mol. The van der Waals surface area contributed by atoms with Gasteiger partial charge in [0.15, 0.2) is 0 Å². The fourth-order valence-electron chi connectivity index (χ4n) is 1.09. The zero-order valence-corrected chi connectivity index (χ0v) is 8.47. The van der Waals surface area contributed by atoms with Crippen molar-refractivity contribution in [3.05, 3.63) is 0 Å². The molecule has 0 N–H and O–H groups in total. The maximum absolute atomic E-state index is 11.5. The number of ether oxygens (including phenoxy) is 2. The van der Waals surface area contributed by atoms with Crippen LogP contribution in [-0.4, -0.2) is 25.2 Å². The summed E-state index contributed by atoms with van der Waals surface area (Å²) in [5, 5.41) is 0. The molecule has 0 saturated carbocycles. The molecule has 1 saturated heterocycles. The summed E-state index contributed by atoms with van der Waals surface area (Å²) in [4.78, 5) is 11.5. The smallest absolute Gasteiger partial charge is 0.305 e. The van der Waals surface area contributed by atoms with Gasteiger partial charge in [-0.05, 0) is 6.42 Å². The molecule has 1 unspecified atom stereocenters. The molecule has 82 valence electrons. The molecule has 3 heteroatoms. The molecule has 0 aromatic rings. The summed E-state index contributed by atoms with van der Waals surface area (Å²) in [6, 6.07) is 0. The van der Waals surface area contributed by atoms with Gasteiger partial charge in [0.1, 0.15) is 12.6 Å². The Kier molecular flexibility index (Phi) is 2.98. The highest BCUT2D eigenvalue weighted by Crippen LogP contribution is 2.10. The van der Waals surface area contributed by atoms with Crippen LogP contribution < -0.4 is 0 Å². The van der Waals surface area contributed by atoms with E-state index in [9.17, 15) is 4.79 Å². The summed E-state index contributed by atoms with van der Waals surface area (Å²) in [6.07, 6.45) is 2.30. The first-order chi connectivity index (χ1) is 8.66. The molecule has 3 nitrogen and oxygen atoms in total. The highest BCUT2D eigenvalue weighted by Gasteiger charge is 2.23. The first kappa shape index (κ1) is 6.11. The van der Waals surface area contributed by atoms with Gasteiger partial charge in [-0.25, -0.2) is 0 Å². The van der Waals surface area contributed by atoms with E-state index in [1.165, 1.54) is 0 Å². The van der Waals surface area contributed by atoms with Crippen LogP contribution in [0.1, 0.15) is 52.3 Å². The minimum absolute atomic E-state index is 0.0717.